The fourth-order valence-corrected chi connectivity index (χ4v) is 2.25. The van der Waals surface area contributed by atoms with Gasteiger partial charge in [0.15, 0.2) is 0 Å². The van der Waals surface area contributed by atoms with Gasteiger partial charge in [0.1, 0.15) is 5.56 Å². The summed E-state index contributed by atoms with van der Waals surface area (Å²) in [5, 5.41) is 13.8. The van der Waals surface area contributed by atoms with Gasteiger partial charge in [0.05, 0.1) is 4.92 Å². The molecule has 0 fully saturated rings. The summed E-state index contributed by atoms with van der Waals surface area (Å²) in [7, 11) is 1.75. The molecule has 0 heterocycles. The van der Waals surface area contributed by atoms with Crippen LogP contribution in [0, 0.1) is 16.0 Å². The van der Waals surface area contributed by atoms with Crippen LogP contribution in [0.4, 0.5) is 18.9 Å². The maximum atomic E-state index is 12.9. The molecule has 0 radical (unpaired) electrons. The highest BCUT2D eigenvalue weighted by molar-refractivity contribution is 5.44. The quantitative estimate of drug-likeness (QED) is 0.642. The zero-order valence-corrected chi connectivity index (χ0v) is 12.2. The topological polar surface area (TPSA) is 55.2 Å². The first-order valence-corrected chi connectivity index (χ1v) is 6.67. The fraction of sp³-hybridized carbons (Fsp3) is 0.571. The molecule has 118 valence electrons. The van der Waals surface area contributed by atoms with Crippen molar-refractivity contribution in [3.8, 4) is 0 Å². The second kappa shape index (κ2) is 6.89. The maximum Gasteiger partial charge on any atom is 0.423 e. The predicted octanol–water partition coefficient (Wildman–Crippen LogP) is 3.79. The van der Waals surface area contributed by atoms with Gasteiger partial charge in [-0.3, -0.25) is 10.1 Å². The van der Waals surface area contributed by atoms with Crippen LogP contribution in [-0.4, -0.2) is 18.0 Å². The molecule has 0 bridgehead atoms. The standard InChI is InChI=1S/C14H19F3N2O2/c1-9(2)6-11(18-3)7-10-4-5-13(19(20)21)12(8-10)14(15,16)17/h4-5,8-9,11,18H,6-7H2,1-3H3. The summed E-state index contributed by atoms with van der Waals surface area (Å²) in [6, 6.07) is 3.23. The zero-order valence-electron chi connectivity index (χ0n) is 12.2. The molecule has 0 aromatic heterocycles. The lowest BCUT2D eigenvalue weighted by Crippen LogP contribution is -2.29. The predicted molar refractivity (Wildman–Crippen MR) is 74.1 cm³/mol. The Bertz CT molecular complexity index is 501. The first kappa shape index (κ1) is 17.4. The van der Waals surface area contributed by atoms with E-state index < -0.39 is 22.4 Å². The average molecular weight is 304 g/mol. The van der Waals surface area contributed by atoms with Crippen molar-refractivity contribution >= 4 is 5.69 Å². The Kier molecular flexibility index (Phi) is 5.71. The zero-order chi connectivity index (χ0) is 16.2. The molecule has 1 atom stereocenters. The van der Waals surface area contributed by atoms with E-state index in [1.165, 1.54) is 6.07 Å². The molecule has 7 heteroatoms. The molecule has 1 N–H and O–H groups in total. The molecule has 0 saturated heterocycles. The van der Waals surface area contributed by atoms with Crippen LogP contribution < -0.4 is 5.32 Å². The van der Waals surface area contributed by atoms with Crippen molar-refractivity contribution in [3.05, 3.63) is 39.4 Å². The van der Waals surface area contributed by atoms with E-state index >= 15 is 0 Å². The average Bonchev–Trinajstić information content (AvgIpc) is 2.36. The summed E-state index contributed by atoms with van der Waals surface area (Å²) in [5.74, 6) is 0.405. The normalized spacial score (nSPS) is 13.5. The number of likely N-dealkylation sites (N-methyl/N-ethyl adjacent to an activating group) is 1. The monoisotopic (exact) mass is 304 g/mol. The second-order valence-corrected chi connectivity index (χ2v) is 5.43. The van der Waals surface area contributed by atoms with E-state index in [4.69, 9.17) is 0 Å². The number of nitrogens with zero attached hydrogens (tertiary/aromatic N) is 1. The molecule has 0 aliphatic rings. The van der Waals surface area contributed by atoms with Crippen LogP contribution in [0.15, 0.2) is 18.2 Å². The van der Waals surface area contributed by atoms with Gasteiger partial charge in [-0.25, -0.2) is 0 Å². The SMILES string of the molecule is CNC(Cc1ccc([N+](=O)[O-])c(C(F)(F)F)c1)CC(C)C. The summed E-state index contributed by atoms with van der Waals surface area (Å²) in [6.07, 6.45) is -3.52. The van der Waals surface area contributed by atoms with Gasteiger partial charge in [0.25, 0.3) is 5.69 Å². The lowest BCUT2D eigenvalue weighted by atomic mass is 9.96. The molecule has 4 nitrogen and oxygen atoms in total. The Morgan fingerprint density at radius 2 is 1.95 bits per heavy atom. The molecule has 1 rings (SSSR count). The first-order valence-electron chi connectivity index (χ1n) is 6.67. The van der Waals surface area contributed by atoms with Gasteiger partial charge in [-0.1, -0.05) is 19.9 Å². The van der Waals surface area contributed by atoms with Crippen molar-refractivity contribution in [3.63, 3.8) is 0 Å². The van der Waals surface area contributed by atoms with E-state index in [9.17, 15) is 23.3 Å². The number of hydrogen-bond donors (Lipinski definition) is 1. The molecule has 1 aromatic carbocycles. The van der Waals surface area contributed by atoms with E-state index in [1.54, 1.807) is 7.05 Å². The van der Waals surface area contributed by atoms with Crippen LogP contribution >= 0.6 is 0 Å². The molecular formula is C14H19F3N2O2. The third kappa shape index (κ3) is 5.00. The second-order valence-electron chi connectivity index (χ2n) is 5.43. The van der Waals surface area contributed by atoms with Crippen LogP contribution in [0.25, 0.3) is 0 Å². The highest BCUT2D eigenvalue weighted by Gasteiger charge is 2.38. The number of nitro groups is 1. The van der Waals surface area contributed by atoms with Gasteiger partial charge >= 0.3 is 6.18 Å². The number of nitro benzene ring substituents is 1. The molecule has 0 aliphatic carbocycles. The van der Waals surface area contributed by atoms with Crippen LogP contribution in [-0.2, 0) is 12.6 Å². The molecule has 1 unspecified atom stereocenters. The molecule has 0 spiro atoms. The molecular weight excluding hydrogens is 285 g/mol. The number of benzene rings is 1. The van der Waals surface area contributed by atoms with Gasteiger partial charge in [-0.05, 0) is 37.4 Å². The number of hydrogen-bond acceptors (Lipinski definition) is 3. The van der Waals surface area contributed by atoms with Crippen molar-refractivity contribution < 1.29 is 18.1 Å². The molecule has 0 amide bonds. The number of nitrogens with one attached hydrogen (secondary N) is 1. The number of rotatable bonds is 6. The van der Waals surface area contributed by atoms with Gasteiger partial charge in [-0.15, -0.1) is 0 Å². The first-order chi connectivity index (χ1) is 9.65. The van der Waals surface area contributed by atoms with Crippen LogP contribution in [0.3, 0.4) is 0 Å². The summed E-state index contributed by atoms with van der Waals surface area (Å²) in [4.78, 5) is 9.69. The van der Waals surface area contributed by atoms with Crippen LogP contribution in [0.1, 0.15) is 31.4 Å². The van der Waals surface area contributed by atoms with E-state index in [2.05, 4.69) is 5.32 Å². The minimum absolute atomic E-state index is 0.0348. The van der Waals surface area contributed by atoms with Crippen LogP contribution in [0.5, 0.6) is 0 Å². The summed E-state index contributed by atoms with van der Waals surface area (Å²) in [5.41, 5.74) is -1.66. The molecule has 1 aromatic rings. The Hall–Kier alpha value is -1.63. The minimum Gasteiger partial charge on any atom is -0.317 e. The maximum absolute atomic E-state index is 12.9. The van der Waals surface area contributed by atoms with Crippen molar-refractivity contribution in [1.29, 1.82) is 0 Å². The van der Waals surface area contributed by atoms with E-state index in [-0.39, 0.29) is 6.04 Å². The lowest BCUT2D eigenvalue weighted by molar-refractivity contribution is -0.388. The lowest BCUT2D eigenvalue weighted by Gasteiger charge is -2.19. The Balaban J connectivity index is 3.08. The third-order valence-corrected chi connectivity index (χ3v) is 3.21. The van der Waals surface area contributed by atoms with Crippen molar-refractivity contribution in [1.82, 2.24) is 5.32 Å². The smallest absolute Gasteiger partial charge is 0.317 e. The van der Waals surface area contributed by atoms with Gasteiger partial charge in [-0.2, -0.15) is 13.2 Å². The Labute approximate surface area is 121 Å². The van der Waals surface area contributed by atoms with E-state index in [0.717, 1.165) is 18.6 Å². The summed E-state index contributed by atoms with van der Waals surface area (Å²) in [6.45, 7) is 4.06. The summed E-state index contributed by atoms with van der Waals surface area (Å²) < 4.78 is 38.7. The van der Waals surface area contributed by atoms with Crippen LogP contribution in [0.2, 0.25) is 0 Å². The number of halogens is 3. The van der Waals surface area contributed by atoms with Crippen molar-refractivity contribution in [2.75, 3.05) is 7.05 Å². The van der Waals surface area contributed by atoms with Gasteiger partial charge in [0.2, 0.25) is 0 Å². The van der Waals surface area contributed by atoms with Crippen molar-refractivity contribution in [2.45, 2.75) is 38.9 Å². The largest absolute Gasteiger partial charge is 0.423 e. The summed E-state index contributed by atoms with van der Waals surface area (Å²) >= 11 is 0. The highest BCUT2D eigenvalue weighted by atomic mass is 19.4. The van der Waals surface area contributed by atoms with E-state index in [1.807, 2.05) is 13.8 Å². The minimum atomic E-state index is -4.73. The fourth-order valence-electron chi connectivity index (χ4n) is 2.25. The van der Waals surface area contributed by atoms with E-state index in [0.29, 0.717) is 17.9 Å². The third-order valence-electron chi connectivity index (χ3n) is 3.21. The Morgan fingerprint density at radius 1 is 1.33 bits per heavy atom. The highest BCUT2D eigenvalue weighted by Crippen LogP contribution is 2.36. The molecule has 21 heavy (non-hydrogen) atoms. The van der Waals surface area contributed by atoms with Gasteiger partial charge < -0.3 is 5.32 Å². The van der Waals surface area contributed by atoms with Gasteiger partial charge in [0, 0.05) is 12.1 Å². The molecule has 0 saturated carbocycles. The van der Waals surface area contributed by atoms with Crippen molar-refractivity contribution in [2.24, 2.45) is 5.92 Å². The molecule has 0 aliphatic heterocycles. The Morgan fingerprint density at radius 3 is 2.38 bits per heavy atom. The number of alkyl halides is 3.